The van der Waals surface area contributed by atoms with E-state index in [1.807, 2.05) is 115 Å². The van der Waals surface area contributed by atoms with Crippen molar-refractivity contribution in [3.05, 3.63) is 142 Å². The lowest BCUT2D eigenvalue weighted by Crippen LogP contribution is -2.58. The Bertz CT molecular complexity index is 2130. The second-order valence-corrected chi connectivity index (χ2v) is 13.6. The molecule has 0 spiro atoms. The third-order valence-corrected chi connectivity index (χ3v) is 9.75. The van der Waals surface area contributed by atoms with Crippen LogP contribution in [-0.2, 0) is 44.9 Å². The summed E-state index contributed by atoms with van der Waals surface area (Å²) in [5, 5.41) is 23.3. The standard InChI is InChI=1S/C40H39N5O5S/c41-32(20-26-16-17-27-11-4-5-12-28(27)19-26)37(46)43-35(23-30-13-8-18-51-30)39(48)44-34(21-25-9-2-1-3-10-25)38(47)45-36(40(49)50)22-29-24-42-33-15-7-6-14-31(29)33/h1-19,24,32,34-36,42H,20-23,41H2,(H,43,46)(H,44,48)(H,45,47)(H,49,50)/t32-,34+,35+,36+/m0/s1. The van der Waals surface area contributed by atoms with E-state index in [-0.39, 0.29) is 25.7 Å². The first-order chi connectivity index (χ1) is 24.7. The summed E-state index contributed by atoms with van der Waals surface area (Å²) in [6.45, 7) is 0. The molecule has 0 bridgehead atoms. The van der Waals surface area contributed by atoms with Crippen LogP contribution in [0.1, 0.15) is 21.6 Å². The van der Waals surface area contributed by atoms with Crippen LogP contribution in [0.5, 0.6) is 0 Å². The van der Waals surface area contributed by atoms with Crippen molar-refractivity contribution in [2.75, 3.05) is 0 Å². The number of amides is 3. The van der Waals surface area contributed by atoms with E-state index in [0.717, 1.165) is 43.2 Å². The Morgan fingerprint density at radius 1 is 0.647 bits per heavy atom. The number of aromatic nitrogens is 1. The van der Waals surface area contributed by atoms with Gasteiger partial charge in [-0.3, -0.25) is 14.4 Å². The van der Waals surface area contributed by atoms with Crippen LogP contribution >= 0.6 is 11.3 Å². The monoisotopic (exact) mass is 701 g/mol. The second-order valence-electron chi connectivity index (χ2n) is 12.6. The number of thiophene rings is 1. The quantitative estimate of drug-likeness (QED) is 0.0922. The maximum absolute atomic E-state index is 14.0. The first-order valence-electron chi connectivity index (χ1n) is 16.7. The number of aliphatic carboxylic acids is 1. The Morgan fingerprint density at radius 2 is 1.31 bits per heavy atom. The normalized spacial score (nSPS) is 13.6. The smallest absolute Gasteiger partial charge is 0.326 e. The fraction of sp³-hybridized carbons (Fsp3) is 0.200. The van der Waals surface area contributed by atoms with Crippen LogP contribution in [0.2, 0.25) is 0 Å². The van der Waals surface area contributed by atoms with Gasteiger partial charge in [-0.2, -0.15) is 0 Å². The van der Waals surface area contributed by atoms with E-state index in [9.17, 15) is 24.3 Å². The summed E-state index contributed by atoms with van der Waals surface area (Å²) in [7, 11) is 0. The summed E-state index contributed by atoms with van der Waals surface area (Å²) in [6.07, 6.45) is 2.30. The Morgan fingerprint density at radius 3 is 2.06 bits per heavy atom. The number of carbonyl (C=O) groups excluding carboxylic acids is 3. The van der Waals surface area contributed by atoms with Crippen LogP contribution in [0.25, 0.3) is 21.7 Å². The summed E-state index contributed by atoms with van der Waals surface area (Å²) in [5.41, 5.74) is 9.62. The van der Waals surface area contributed by atoms with E-state index in [2.05, 4.69) is 20.9 Å². The Hall–Kier alpha value is -5.78. The Kier molecular flexibility index (Phi) is 11.2. The number of hydrogen-bond donors (Lipinski definition) is 6. The van der Waals surface area contributed by atoms with Gasteiger partial charge < -0.3 is 31.8 Å². The van der Waals surface area contributed by atoms with Gasteiger partial charge in [0.1, 0.15) is 18.1 Å². The first-order valence-corrected chi connectivity index (χ1v) is 17.6. The summed E-state index contributed by atoms with van der Waals surface area (Å²) in [5.74, 6) is -2.96. The number of fused-ring (bicyclic) bond motifs is 2. The van der Waals surface area contributed by atoms with Crippen LogP contribution in [0.4, 0.5) is 0 Å². The lowest BCUT2D eigenvalue weighted by molar-refractivity contribution is -0.142. The molecule has 0 fully saturated rings. The molecule has 7 N–H and O–H groups in total. The van der Waals surface area contributed by atoms with Crippen molar-refractivity contribution in [3.63, 3.8) is 0 Å². The molecule has 0 aliphatic carbocycles. The molecular formula is C40H39N5O5S. The summed E-state index contributed by atoms with van der Waals surface area (Å²) in [4.78, 5) is 57.7. The van der Waals surface area contributed by atoms with E-state index in [0.29, 0.717) is 0 Å². The highest BCUT2D eigenvalue weighted by atomic mass is 32.1. The number of hydrogen-bond acceptors (Lipinski definition) is 6. The first kappa shape index (κ1) is 35.1. The fourth-order valence-electron chi connectivity index (χ4n) is 6.15. The molecule has 6 rings (SSSR count). The summed E-state index contributed by atoms with van der Waals surface area (Å²) >= 11 is 1.44. The van der Waals surface area contributed by atoms with E-state index < -0.39 is 47.9 Å². The number of nitrogens with two attached hydrogens (primary N) is 1. The number of rotatable bonds is 15. The molecule has 4 aromatic carbocycles. The minimum absolute atomic E-state index is 0.0310. The van der Waals surface area contributed by atoms with Gasteiger partial charge in [0.05, 0.1) is 6.04 Å². The number of carboxylic acids is 1. The molecule has 0 aliphatic heterocycles. The van der Waals surface area contributed by atoms with Gasteiger partial charge in [-0.15, -0.1) is 11.3 Å². The van der Waals surface area contributed by atoms with E-state index in [1.165, 1.54) is 11.3 Å². The molecule has 10 nitrogen and oxygen atoms in total. The van der Waals surface area contributed by atoms with Gasteiger partial charge in [0.25, 0.3) is 0 Å². The van der Waals surface area contributed by atoms with Crippen molar-refractivity contribution in [1.82, 2.24) is 20.9 Å². The molecule has 3 amide bonds. The molecule has 11 heteroatoms. The molecule has 260 valence electrons. The largest absolute Gasteiger partial charge is 0.480 e. The Labute approximate surface area is 299 Å². The molecule has 6 aromatic rings. The molecule has 0 saturated heterocycles. The zero-order valence-corrected chi connectivity index (χ0v) is 28.6. The molecular weight excluding hydrogens is 663 g/mol. The molecule has 2 heterocycles. The number of carbonyl (C=O) groups is 4. The highest BCUT2D eigenvalue weighted by Crippen LogP contribution is 2.20. The highest BCUT2D eigenvalue weighted by Gasteiger charge is 2.31. The molecule has 4 atom stereocenters. The van der Waals surface area contributed by atoms with Crippen LogP contribution in [0.15, 0.2) is 121 Å². The number of nitrogens with one attached hydrogen (secondary N) is 4. The maximum atomic E-state index is 14.0. The van der Waals surface area contributed by atoms with Gasteiger partial charge in [0, 0.05) is 41.2 Å². The molecule has 0 radical (unpaired) electrons. The number of aromatic amines is 1. The van der Waals surface area contributed by atoms with E-state index in [1.54, 1.807) is 6.20 Å². The van der Waals surface area contributed by atoms with E-state index >= 15 is 0 Å². The number of H-pyrrole nitrogens is 1. The van der Waals surface area contributed by atoms with Crippen LogP contribution in [-0.4, -0.2) is 57.9 Å². The number of benzene rings is 4. The van der Waals surface area contributed by atoms with Crippen molar-refractivity contribution in [1.29, 1.82) is 0 Å². The molecule has 0 aliphatic rings. The number of para-hydroxylation sites is 1. The van der Waals surface area contributed by atoms with Gasteiger partial charge in [0.15, 0.2) is 0 Å². The minimum Gasteiger partial charge on any atom is -0.480 e. The zero-order chi connectivity index (χ0) is 35.7. The zero-order valence-electron chi connectivity index (χ0n) is 27.8. The third-order valence-electron chi connectivity index (χ3n) is 8.85. The maximum Gasteiger partial charge on any atom is 0.326 e. The predicted octanol–water partition coefficient (Wildman–Crippen LogP) is 4.52. The van der Waals surface area contributed by atoms with Gasteiger partial charge in [-0.1, -0.05) is 97.1 Å². The average Bonchev–Trinajstić information content (AvgIpc) is 3.81. The third kappa shape index (κ3) is 9.07. The van der Waals surface area contributed by atoms with Crippen molar-refractivity contribution >= 4 is 56.7 Å². The van der Waals surface area contributed by atoms with Crippen LogP contribution in [0, 0.1) is 0 Å². The molecule has 51 heavy (non-hydrogen) atoms. The van der Waals surface area contributed by atoms with Crippen molar-refractivity contribution < 1.29 is 24.3 Å². The van der Waals surface area contributed by atoms with Gasteiger partial charge >= 0.3 is 5.97 Å². The highest BCUT2D eigenvalue weighted by molar-refractivity contribution is 7.09. The topological polar surface area (TPSA) is 166 Å². The lowest BCUT2D eigenvalue weighted by Gasteiger charge is -2.25. The molecule has 2 aromatic heterocycles. The lowest BCUT2D eigenvalue weighted by atomic mass is 10.0. The fourth-order valence-corrected chi connectivity index (χ4v) is 6.91. The second kappa shape index (κ2) is 16.3. The van der Waals surface area contributed by atoms with Crippen molar-refractivity contribution in [2.24, 2.45) is 5.73 Å². The minimum atomic E-state index is -1.26. The van der Waals surface area contributed by atoms with Crippen molar-refractivity contribution in [2.45, 2.75) is 49.9 Å². The predicted molar refractivity (Wildman–Crippen MR) is 199 cm³/mol. The Balaban J connectivity index is 1.19. The van der Waals surface area contributed by atoms with Crippen LogP contribution < -0.4 is 21.7 Å². The van der Waals surface area contributed by atoms with Crippen molar-refractivity contribution in [3.8, 4) is 0 Å². The average molecular weight is 702 g/mol. The number of carboxylic acid groups (broad SMARTS) is 1. The van der Waals surface area contributed by atoms with Gasteiger partial charge in [0.2, 0.25) is 17.7 Å². The summed E-state index contributed by atoms with van der Waals surface area (Å²) in [6, 6.07) is 29.8. The molecule has 0 unspecified atom stereocenters. The SMILES string of the molecule is N[C@@H](Cc1ccc2ccccc2c1)C(=O)N[C@H](Cc1cccs1)C(=O)N[C@H](Cc1ccccc1)C(=O)N[C@H](Cc1c[nH]c2ccccc12)C(=O)O. The van der Waals surface area contributed by atoms with Gasteiger partial charge in [-0.25, -0.2) is 4.79 Å². The summed E-state index contributed by atoms with van der Waals surface area (Å²) < 4.78 is 0. The molecule has 0 saturated carbocycles. The van der Waals surface area contributed by atoms with Crippen LogP contribution in [0.3, 0.4) is 0 Å². The van der Waals surface area contributed by atoms with E-state index in [4.69, 9.17) is 5.73 Å². The van der Waals surface area contributed by atoms with Gasteiger partial charge in [-0.05, 0) is 51.4 Å².